The van der Waals surface area contributed by atoms with Gasteiger partial charge in [0.2, 0.25) is 0 Å². The topological polar surface area (TPSA) is 79.7 Å². The van der Waals surface area contributed by atoms with E-state index in [1.807, 2.05) is 13.0 Å². The molecule has 1 N–H and O–H groups in total. The van der Waals surface area contributed by atoms with Gasteiger partial charge in [0.1, 0.15) is 11.5 Å². The Morgan fingerprint density at radius 3 is 2.52 bits per heavy atom. The first-order valence-corrected chi connectivity index (χ1v) is 11.0. The molecule has 3 aromatic rings. The normalized spacial score (nSPS) is 17.4. The van der Waals surface area contributed by atoms with Gasteiger partial charge in [0, 0.05) is 29.5 Å². The first-order chi connectivity index (χ1) is 15.9. The molecule has 1 aliphatic heterocycles. The Morgan fingerprint density at radius 2 is 1.88 bits per heavy atom. The number of benzene rings is 2. The summed E-state index contributed by atoms with van der Waals surface area (Å²) >= 11 is 12.3. The highest BCUT2D eigenvalue weighted by Crippen LogP contribution is 2.41. The number of aliphatic hydroxyl groups is 1. The van der Waals surface area contributed by atoms with Crippen LogP contribution in [0.15, 0.2) is 72.6 Å². The minimum atomic E-state index is -0.812. The zero-order chi connectivity index (χ0) is 23.5. The van der Waals surface area contributed by atoms with Crippen LogP contribution in [0.5, 0.6) is 5.75 Å². The molecule has 0 spiro atoms. The summed E-state index contributed by atoms with van der Waals surface area (Å²) in [6.07, 6.45) is 3.26. The Hall–Kier alpha value is -3.35. The van der Waals surface area contributed by atoms with Crippen molar-refractivity contribution in [2.45, 2.75) is 19.5 Å². The summed E-state index contributed by atoms with van der Waals surface area (Å²) in [7, 11) is 0. The molecule has 1 fully saturated rings. The lowest BCUT2D eigenvalue weighted by Crippen LogP contribution is -2.29. The number of carbonyl (C=O) groups is 2. The van der Waals surface area contributed by atoms with Gasteiger partial charge in [-0.05, 0) is 54.4 Å². The van der Waals surface area contributed by atoms with E-state index in [1.54, 1.807) is 54.9 Å². The lowest BCUT2D eigenvalue weighted by Gasteiger charge is -2.25. The molecular formula is C25H20Cl2N2O4. The number of hydrogen-bond donors (Lipinski definition) is 1. The van der Waals surface area contributed by atoms with Crippen LogP contribution < -0.4 is 4.74 Å². The Bertz CT molecular complexity index is 1230. The number of amides is 1. The molecule has 1 atom stereocenters. The Morgan fingerprint density at radius 1 is 1.12 bits per heavy atom. The molecule has 0 aliphatic carbocycles. The van der Waals surface area contributed by atoms with E-state index in [4.69, 9.17) is 27.9 Å². The summed E-state index contributed by atoms with van der Waals surface area (Å²) in [5.74, 6) is -1.34. The van der Waals surface area contributed by atoms with Crippen molar-refractivity contribution in [1.82, 2.24) is 9.88 Å². The van der Waals surface area contributed by atoms with E-state index < -0.39 is 17.7 Å². The zero-order valence-corrected chi connectivity index (χ0v) is 19.2. The summed E-state index contributed by atoms with van der Waals surface area (Å²) in [6.45, 7) is 2.41. The van der Waals surface area contributed by atoms with Crippen molar-refractivity contribution in [2.24, 2.45) is 0 Å². The second-order valence-corrected chi connectivity index (χ2v) is 8.26. The smallest absolute Gasteiger partial charge is 0.295 e. The van der Waals surface area contributed by atoms with Crippen molar-refractivity contribution in [2.75, 3.05) is 6.61 Å². The van der Waals surface area contributed by atoms with Gasteiger partial charge < -0.3 is 14.7 Å². The van der Waals surface area contributed by atoms with Gasteiger partial charge in [-0.3, -0.25) is 14.6 Å². The predicted octanol–water partition coefficient (Wildman–Crippen LogP) is 5.41. The number of Topliss-reactive ketones (excluding diaryl/α,β-unsaturated/α-hetero) is 1. The van der Waals surface area contributed by atoms with E-state index in [-0.39, 0.29) is 22.9 Å². The molecule has 4 rings (SSSR count). The molecule has 0 bridgehead atoms. The third-order valence-corrected chi connectivity index (χ3v) is 5.85. The van der Waals surface area contributed by atoms with Gasteiger partial charge in [-0.2, -0.15) is 0 Å². The molecule has 1 aliphatic rings. The highest BCUT2D eigenvalue weighted by Gasteiger charge is 2.46. The second-order valence-electron chi connectivity index (χ2n) is 7.42. The van der Waals surface area contributed by atoms with Crippen LogP contribution >= 0.6 is 23.2 Å². The molecule has 0 radical (unpaired) electrons. The molecule has 2 aromatic carbocycles. The van der Waals surface area contributed by atoms with Crippen LogP contribution in [0.4, 0.5) is 0 Å². The number of pyridine rings is 1. The average Bonchev–Trinajstić information content (AvgIpc) is 3.06. The van der Waals surface area contributed by atoms with Crippen LogP contribution in [0.25, 0.3) is 5.76 Å². The van der Waals surface area contributed by atoms with Crippen molar-refractivity contribution in [1.29, 1.82) is 0 Å². The van der Waals surface area contributed by atoms with Gasteiger partial charge >= 0.3 is 0 Å². The summed E-state index contributed by atoms with van der Waals surface area (Å²) < 4.78 is 5.44. The average molecular weight is 483 g/mol. The molecule has 1 unspecified atom stereocenters. The standard InChI is InChI=1S/C25H20Cl2N2O4/c1-2-33-20-10-7-17(12-19(20)27)23(30)21-22(16-5-8-18(26)9-6-16)29(25(32)24(21)31)14-15-4-3-11-28-13-15/h3-13,22,30H,2,14H2,1H3/b23-21-. The minimum Gasteiger partial charge on any atom is -0.507 e. The van der Waals surface area contributed by atoms with Gasteiger partial charge in [-0.1, -0.05) is 41.4 Å². The number of nitrogens with zero attached hydrogens (tertiary/aromatic N) is 2. The number of hydrogen-bond acceptors (Lipinski definition) is 5. The van der Waals surface area contributed by atoms with E-state index in [9.17, 15) is 14.7 Å². The third kappa shape index (κ3) is 4.58. The van der Waals surface area contributed by atoms with Crippen molar-refractivity contribution in [3.8, 4) is 5.75 Å². The fraction of sp³-hybridized carbons (Fsp3) is 0.160. The van der Waals surface area contributed by atoms with Crippen LogP contribution in [0, 0.1) is 0 Å². The number of likely N-dealkylation sites (tertiary alicyclic amines) is 1. The number of carbonyl (C=O) groups excluding carboxylic acids is 2. The molecule has 1 aromatic heterocycles. The Kier molecular flexibility index (Phi) is 6.67. The molecule has 168 valence electrons. The number of aromatic nitrogens is 1. The monoisotopic (exact) mass is 482 g/mol. The zero-order valence-electron chi connectivity index (χ0n) is 17.7. The van der Waals surface area contributed by atoms with Gasteiger partial charge in [0.15, 0.2) is 0 Å². The fourth-order valence-corrected chi connectivity index (χ4v) is 4.16. The van der Waals surface area contributed by atoms with Crippen LogP contribution in [-0.4, -0.2) is 33.3 Å². The summed E-state index contributed by atoms with van der Waals surface area (Å²) in [4.78, 5) is 31.7. The van der Waals surface area contributed by atoms with Crippen LogP contribution in [0.1, 0.15) is 29.7 Å². The van der Waals surface area contributed by atoms with E-state index in [0.717, 1.165) is 5.56 Å². The number of ketones is 1. The van der Waals surface area contributed by atoms with Crippen LogP contribution in [-0.2, 0) is 16.1 Å². The number of ether oxygens (including phenoxy) is 1. The second kappa shape index (κ2) is 9.65. The largest absolute Gasteiger partial charge is 0.507 e. The van der Waals surface area contributed by atoms with Crippen molar-refractivity contribution in [3.63, 3.8) is 0 Å². The summed E-state index contributed by atoms with van der Waals surface area (Å²) in [5, 5.41) is 12.0. The fourth-order valence-electron chi connectivity index (χ4n) is 3.80. The number of rotatable bonds is 6. The highest BCUT2D eigenvalue weighted by molar-refractivity contribution is 6.46. The van der Waals surface area contributed by atoms with E-state index in [0.29, 0.717) is 28.5 Å². The molecule has 6 nitrogen and oxygen atoms in total. The van der Waals surface area contributed by atoms with Gasteiger partial charge in [-0.15, -0.1) is 0 Å². The maximum absolute atomic E-state index is 13.1. The molecule has 1 amide bonds. The molecule has 0 saturated carbocycles. The molecule has 2 heterocycles. The molecule has 33 heavy (non-hydrogen) atoms. The van der Waals surface area contributed by atoms with Gasteiger partial charge in [0.05, 0.1) is 23.2 Å². The van der Waals surface area contributed by atoms with E-state index in [2.05, 4.69) is 4.98 Å². The predicted molar refractivity (Wildman–Crippen MR) is 126 cm³/mol. The van der Waals surface area contributed by atoms with Crippen molar-refractivity contribution in [3.05, 3.63) is 99.3 Å². The molecule has 8 heteroatoms. The first kappa shape index (κ1) is 22.8. The maximum atomic E-state index is 13.1. The summed E-state index contributed by atoms with van der Waals surface area (Å²) in [6, 6.07) is 14.3. The summed E-state index contributed by atoms with van der Waals surface area (Å²) in [5.41, 5.74) is 1.68. The maximum Gasteiger partial charge on any atom is 0.295 e. The first-order valence-electron chi connectivity index (χ1n) is 10.3. The third-order valence-electron chi connectivity index (χ3n) is 5.31. The van der Waals surface area contributed by atoms with Gasteiger partial charge in [0.25, 0.3) is 11.7 Å². The SMILES string of the molecule is CCOc1ccc(/C(O)=C2/C(=O)C(=O)N(Cc3cccnc3)C2c2ccc(Cl)cc2)cc1Cl. The molecule has 1 saturated heterocycles. The van der Waals surface area contributed by atoms with Crippen LogP contribution in [0.3, 0.4) is 0 Å². The minimum absolute atomic E-state index is 0.0218. The Labute approximate surface area is 201 Å². The number of aliphatic hydroxyl groups excluding tert-OH is 1. The lowest BCUT2D eigenvalue weighted by atomic mass is 9.95. The molecular weight excluding hydrogens is 463 g/mol. The highest BCUT2D eigenvalue weighted by atomic mass is 35.5. The van der Waals surface area contributed by atoms with Crippen LogP contribution in [0.2, 0.25) is 10.0 Å². The van der Waals surface area contributed by atoms with E-state index >= 15 is 0 Å². The lowest BCUT2D eigenvalue weighted by molar-refractivity contribution is -0.140. The number of halogens is 2. The van der Waals surface area contributed by atoms with Crippen molar-refractivity contribution >= 4 is 40.7 Å². The van der Waals surface area contributed by atoms with E-state index in [1.165, 1.54) is 11.0 Å². The Balaban J connectivity index is 1.84. The van der Waals surface area contributed by atoms with Crippen molar-refractivity contribution < 1.29 is 19.4 Å². The quantitative estimate of drug-likeness (QED) is 0.288. The van der Waals surface area contributed by atoms with Gasteiger partial charge in [-0.25, -0.2) is 0 Å².